The molecule has 0 saturated carbocycles. The standard InChI is InChI=1S/C41H40F5N3O3S/c1-27-22-30(14-15-34(27)41(44,45)46)29-12-10-28(11-13-29)24-48(32-16-18-47(19-17-32)20-21-52-2)38(51)25-49-36-9-4-3-7-33(36)37(50)23-39(49)53-26-31-6-5-8-35(42)40(31)43/h3-15,22-23,32H,16-21,24-26H2,1-2H3/i3D,4D,5D,6D,7D,8D,9D,10D,11D,12D,13D,14D,15D,20D2,22D,23D,26D2. The number of aromatic nitrogens is 1. The Labute approximate surface area is 335 Å². The first-order valence-corrected chi connectivity index (χ1v) is 16.6. The Morgan fingerprint density at radius 3 is 2.42 bits per heavy atom. The van der Waals surface area contributed by atoms with Gasteiger partial charge < -0.3 is 19.1 Å². The molecular formula is C41H40F5N3O3S. The zero-order valence-electron chi connectivity index (χ0n) is 46.9. The normalized spacial score (nSPS) is 19.8. The average molecular weight is 769 g/mol. The Morgan fingerprint density at radius 1 is 0.981 bits per heavy atom. The maximum Gasteiger partial charge on any atom is 0.416 e. The number of para-hydroxylation sites is 1. The quantitative estimate of drug-likeness (QED) is 0.0940. The third-order valence-electron chi connectivity index (χ3n) is 8.14. The summed E-state index contributed by atoms with van der Waals surface area (Å²) in [4.78, 5) is 31.4. The molecular weight excluding hydrogens is 710 g/mol. The van der Waals surface area contributed by atoms with Crippen LogP contribution in [0.1, 0.15) is 61.1 Å². The predicted octanol–water partition coefficient (Wildman–Crippen LogP) is 8.71. The molecule has 2 heterocycles. The molecule has 4 aromatic carbocycles. The van der Waals surface area contributed by atoms with Gasteiger partial charge in [-0.15, -0.1) is 11.8 Å². The van der Waals surface area contributed by atoms with Gasteiger partial charge in [-0.1, -0.05) is 60.4 Å². The number of pyridine rings is 1. The summed E-state index contributed by atoms with van der Waals surface area (Å²) in [6, 6.07) is -17.8. The van der Waals surface area contributed by atoms with Gasteiger partial charge in [0.1, 0.15) is 6.54 Å². The Kier molecular flexibility index (Phi) is 6.54. The number of hydrogen-bond acceptors (Lipinski definition) is 5. The topological polar surface area (TPSA) is 54.8 Å². The van der Waals surface area contributed by atoms with Gasteiger partial charge in [-0.25, -0.2) is 8.78 Å². The summed E-state index contributed by atoms with van der Waals surface area (Å²) in [5, 5.41) is -1.85. The van der Waals surface area contributed by atoms with Crippen molar-refractivity contribution in [2.45, 2.75) is 55.8 Å². The van der Waals surface area contributed by atoms with Gasteiger partial charge in [0.25, 0.3) is 0 Å². The minimum Gasteiger partial charge on any atom is -0.383 e. The number of likely N-dealkylation sites (tertiary alicyclic amines) is 1. The Hall–Kier alpha value is -4.52. The number of carbonyl (C=O) groups excluding carboxylic acids is 1. The molecule has 1 amide bonds. The lowest BCUT2D eigenvalue weighted by atomic mass is 9.98. The molecule has 6 rings (SSSR count). The molecule has 0 N–H and O–H groups in total. The van der Waals surface area contributed by atoms with Crippen molar-refractivity contribution in [2.24, 2.45) is 0 Å². The van der Waals surface area contributed by atoms with Crippen molar-refractivity contribution in [1.29, 1.82) is 0 Å². The minimum absolute atomic E-state index is 0.0980. The van der Waals surface area contributed by atoms with E-state index in [0.717, 1.165) is 11.8 Å². The van der Waals surface area contributed by atoms with E-state index < -0.39 is 207 Å². The molecule has 1 aliphatic heterocycles. The number of benzene rings is 4. The van der Waals surface area contributed by atoms with E-state index in [0.29, 0.717) is 4.57 Å². The van der Waals surface area contributed by atoms with Crippen LogP contribution in [0.3, 0.4) is 0 Å². The third-order valence-corrected chi connectivity index (χ3v) is 8.96. The van der Waals surface area contributed by atoms with E-state index in [9.17, 15) is 22.4 Å². The number of nitrogens with zero attached hydrogens (tertiary/aromatic N) is 3. The van der Waals surface area contributed by atoms with Crippen LogP contribution in [0.15, 0.2) is 100 Å². The fraction of sp³-hybridized carbons (Fsp3) is 0.317. The van der Waals surface area contributed by atoms with E-state index >= 15 is 9.18 Å². The molecule has 278 valence electrons. The van der Waals surface area contributed by atoms with Crippen LogP contribution in [0.4, 0.5) is 22.0 Å². The zero-order chi connectivity index (χ0) is 54.3. The van der Waals surface area contributed by atoms with Crippen LogP contribution in [0, 0.1) is 18.6 Å². The van der Waals surface area contributed by atoms with Gasteiger partial charge in [0.2, 0.25) is 5.91 Å². The van der Waals surface area contributed by atoms with Crippen molar-refractivity contribution in [2.75, 3.05) is 33.3 Å². The van der Waals surface area contributed by atoms with Gasteiger partial charge in [-0.3, -0.25) is 9.59 Å². The highest BCUT2D eigenvalue weighted by Crippen LogP contribution is 2.34. The molecule has 6 nitrogen and oxygen atoms in total. The van der Waals surface area contributed by atoms with Crippen LogP contribution in [0.25, 0.3) is 22.0 Å². The molecule has 1 fully saturated rings. The van der Waals surface area contributed by atoms with E-state index in [-0.39, 0.29) is 37.7 Å². The number of hydrogen-bond donors (Lipinski definition) is 0. The van der Waals surface area contributed by atoms with Gasteiger partial charge in [0.15, 0.2) is 17.1 Å². The Bertz CT molecular complexity index is 3070. The number of ether oxygens (including phenoxy) is 1. The van der Waals surface area contributed by atoms with E-state index in [1.54, 1.807) is 0 Å². The van der Waals surface area contributed by atoms with E-state index in [2.05, 4.69) is 0 Å². The van der Waals surface area contributed by atoms with Gasteiger partial charge in [0.05, 0.1) is 43.3 Å². The van der Waals surface area contributed by atoms with Crippen LogP contribution >= 0.6 is 11.8 Å². The predicted molar refractivity (Wildman–Crippen MR) is 198 cm³/mol. The minimum atomic E-state index is -5.19. The number of alkyl halides is 3. The van der Waals surface area contributed by atoms with Crippen LogP contribution in [0.2, 0.25) is 0 Å². The lowest BCUT2D eigenvalue weighted by Crippen LogP contribution is -2.48. The summed E-state index contributed by atoms with van der Waals surface area (Å²) in [6.45, 7) is -3.94. The van der Waals surface area contributed by atoms with Gasteiger partial charge >= 0.3 is 6.18 Å². The van der Waals surface area contributed by atoms with Crippen LogP contribution < -0.4 is 5.43 Å². The highest BCUT2D eigenvalue weighted by molar-refractivity contribution is 7.98. The lowest BCUT2D eigenvalue weighted by Gasteiger charge is -2.39. The van der Waals surface area contributed by atoms with E-state index in [1.807, 2.05) is 0 Å². The highest BCUT2D eigenvalue weighted by atomic mass is 32.2. The Morgan fingerprint density at radius 2 is 1.70 bits per heavy atom. The summed E-state index contributed by atoms with van der Waals surface area (Å²) in [7, 11) is 1.26. The maximum absolute atomic E-state index is 15.5. The Balaban J connectivity index is 1.58. The fourth-order valence-electron chi connectivity index (χ4n) is 5.53. The second kappa shape index (κ2) is 16.7. The first-order chi connectivity index (χ1) is 33.2. The molecule has 53 heavy (non-hydrogen) atoms. The van der Waals surface area contributed by atoms with Crippen molar-refractivity contribution in [3.63, 3.8) is 0 Å². The summed E-state index contributed by atoms with van der Waals surface area (Å²) < 4.78 is 240. The molecule has 0 radical (unpaired) electrons. The largest absolute Gasteiger partial charge is 0.416 e. The van der Waals surface area contributed by atoms with Crippen LogP contribution in [-0.4, -0.2) is 59.6 Å². The second-order valence-electron chi connectivity index (χ2n) is 11.6. The summed E-state index contributed by atoms with van der Waals surface area (Å²) in [5.74, 6) is -5.29. The molecule has 0 atom stereocenters. The summed E-state index contributed by atoms with van der Waals surface area (Å²) >= 11 is -0.289. The van der Waals surface area contributed by atoms with Gasteiger partial charge in [0, 0.05) is 67.5 Å². The first-order valence-electron chi connectivity index (χ1n) is 25.3. The SMILES string of the molecule is [2H]c1c([2H])c(F)c(F)c(C([2H])([2H])Sc2c([2H])c(=O)c3c([2H])c([2H])c([2H])c([2H])c3n2CC(=O)N(Cc2c([2H])c([2H])c(-c3c([2H])c([2H])c(C(F)(F)F)c(C)c3[2H])c([2H])c2[2H])C2CCN(C([2H])([2H])COC)CC2)c1[2H]. The molecule has 0 spiro atoms. The third kappa shape index (κ3) is 9.00. The summed E-state index contributed by atoms with van der Waals surface area (Å²) in [6.07, 6.45) is -5.40. The summed E-state index contributed by atoms with van der Waals surface area (Å²) in [5.41, 5.74) is -11.9. The van der Waals surface area contributed by atoms with Gasteiger partial charge in [-0.05, 0) is 66.2 Å². The second-order valence-corrected chi connectivity index (χ2v) is 12.4. The average Bonchev–Trinajstić information content (AvgIpc) is 3.30. The molecule has 1 aliphatic rings. The smallest absolute Gasteiger partial charge is 0.383 e. The molecule has 5 aromatic rings. The van der Waals surface area contributed by atoms with Crippen LogP contribution in [0.5, 0.6) is 0 Å². The number of thioether (sulfide) groups is 1. The van der Waals surface area contributed by atoms with E-state index in [1.165, 1.54) is 12.0 Å². The zero-order valence-corrected chi connectivity index (χ0v) is 28.7. The number of fused-ring (bicyclic) bond motifs is 1. The molecule has 1 saturated heterocycles. The number of amides is 1. The fourth-order valence-corrected chi connectivity index (χ4v) is 6.28. The van der Waals surface area contributed by atoms with Crippen molar-refractivity contribution in [3.8, 4) is 11.1 Å². The molecule has 0 unspecified atom stereocenters. The number of methoxy groups -OCH3 is 1. The van der Waals surface area contributed by atoms with Crippen LogP contribution in [-0.2, 0) is 34.5 Å². The van der Waals surface area contributed by atoms with Crippen molar-refractivity contribution in [3.05, 3.63) is 135 Å². The lowest BCUT2D eigenvalue weighted by molar-refractivity contribution is -0.138. The van der Waals surface area contributed by atoms with Crippen molar-refractivity contribution < 1.29 is 57.5 Å². The number of piperidine rings is 1. The number of halogens is 5. The van der Waals surface area contributed by atoms with Crippen molar-refractivity contribution in [1.82, 2.24) is 14.4 Å². The molecule has 12 heteroatoms. The molecule has 1 aromatic heterocycles. The monoisotopic (exact) mass is 768 g/mol. The highest BCUT2D eigenvalue weighted by Gasteiger charge is 2.32. The molecule has 0 aliphatic carbocycles. The van der Waals surface area contributed by atoms with E-state index in [4.69, 9.17) is 30.8 Å². The first kappa shape index (κ1) is 20.8. The van der Waals surface area contributed by atoms with Gasteiger partial charge in [-0.2, -0.15) is 13.2 Å². The molecule has 0 bridgehead atoms. The number of rotatable bonds is 12. The maximum atomic E-state index is 15.5. The number of carbonyl (C=O) groups is 1. The van der Waals surface area contributed by atoms with Crippen molar-refractivity contribution >= 4 is 28.6 Å².